The van der Waals surface area contributed by atoms with Crippen LogP contribution in [0.5, 0.6) is 0 Å². The highest BCUT2D eigenvalue weighted by Crippen LogP contribution is 2.18. The molecule has 1 N–H and O–H groups in total. The molecular formula is C15H19NO. The van der Waals surface area contributed by atoms with Gasteiger partial charge in [0.15, 0.2) is 5.78 Å². The van der Waals surface area contributed by atoms with Crippen LogP contribution in [0, 0.1) is 0 Å². The summed E-state index contributed by atoms with van der Waals surface area (Å²) in [5, 5.41) is 3.25. The second-order valence-electron chi connectivity index (χ2n) is 4.52. The van der Waals surface area contributed by atoms with Gasteiger partial charge in [-0.3, -0.25) is 4.79 Å². The van der Waals surface area contributed by atoms with E-state index in [1.807, 2.05) is 24.4 Å². The zero-order chi connectivity index (χ0) is 11.9. The summed E-state index contributed by atoms with van der Waals surface area (Å²) in [5.74, 6) is 0.322. The third-order valence-corrected chi connectivity index (χ3v) is 3.13. The summed E-state index contributed by atoms with van der Waals surface area (Å²) < 4.78 is 0. The third-order valence-electron chi connectivity index (χ3n) is 3.13. The van der Waals surface area contributed by atoms with Crippen LogP contribution in [-0.2, 0) is 11.3 Å². The van der Waals surface area contributed by atoms with E-state index in [1.165, 1.54) is 12.0 Å². The number of hydrogen-bond acceptors (Lipinski definition) is 2. The van der Waals surface area contributed by atoms with Crippen LogP contribution in [0.1, 0.15) is 37.7 Å². The first-order valence-corrected chi connectivity index (χ1v) is 6.36. The van der Waals surface area contributed by atoms with Crippen LogP contribution in [-0.4, -0.2) is 5.78 Å². The van der Waals surface area contributed by atoms with Crippen molar-refractivity contribution in [3.63, 3.8) is 0 Å². The minimum Gasteiger partial charge on any atom is -0.386 e. The molecule has 90 valence electrons. The Morgan fingerprint density at radius 3 is 2.65 bits per heavy atom. The van der Waals surface area contributed by atoms with Crippen molar-refractivity contribution in [1.29, 1.82) is 0 Å². The van der Waals surface area contributed by atoms with Crippen LogP contribution < -0.4 is 5.32 Å². The molecular weight excluding hydrogens is 210 g/mol. The highest BCUT2D eigenvalue weighted by Gasteiger charge is 2.12. The Morgan fingerprint density at radius 1 is 1.06 bits per heavy atom. The lowest BCUT2D eigenvalue weighted by atomic mass is 10.1. The molecule has 0 aliphatic heterocycles. The molecule has 17 heavy (non-hydrogen) atoms. The molecule has 0 atom stereocenters. The Hall–Kier alpha value is -1.57. The van der Waals surface area contributed by atoms with Crippen molar-refractivity contribution in [2.24, 2.45) is 0 Å². The van der Waals surface area contributed by atoms with Crippen molar-refractivity contribution in [3.05, 3.63) is 47.7 Å². The number of Topliss-reactive ketones (excluding diaryl/α,β-unsaturated/α-hetero) is 1. The van der Waals surface area contributed by atoms with Crippen molar-refractivity contribution in [2.75, 3.05) is 0 Å². The van der Waals surface area contributed by atoms with Gasteiger partial charge in [0.2, 0.25) is 0 Å². The molecule has 0 spiro atoms. The van der Waals surface area contributed by atoms with Crippen LogP contribution >= 0.6 is 0 Å². The van der Waals surface area contributed by atoms with Crippen molar-refractivity contribution in [1.82, 2.24) is 5.32 Å². The Balaban J connectivity index is 1.89. The van der Waals surface area contributed by atoms with Gasteiger partial charge in [0.1, 0.15) is 0 Å². The topological polar surface area (TPSA) is 29.1 Å². The molecule has 1 aliphatic carbocycles. The van der Waals surface area contributed by atoms with Gasteiger partial charge in [-0.15, -0.1) is 0 Å². The Morgan fingerprint density at radius 2 is 1.82 bits per heavy atom. The first kappa shape index (κ1) is 11.9. The van der Waals surface area contributed by atoms with E-state index in [0.29, 0.717) is 5.78 Å². The number of allylic oxidation sites excluding steroid dienone is 1. The highest BCUT2D eigenvalue weighted by molar-refractivity contribution is 5.95. The maximum atomic E-state index is 11.7. The molecule has 1 aromatic carbocycles. The second-order valence-corrected chi connectivity index (χ2v) is 4.52. The van der Waals surface area contributed by atoms with E-state index in [1.54, 1.807) is 0 Å². The number of hydrogen-bond donors (Lipinski definition) is 1. The van der Waals surface area contributed by atoms with Gasteiger partial charge in [0.05, 0.1) is 0 Å². The van der Waals surface area contributed by atoms with Crippen molar-refractivity contribution in [2.45, 2.75) is 38.6 Å². The van der Waals surface area contributed by atoms with Gasteiger partial charge in [-0.1, -0.05) is 36.8 Å². The van der Waals surface area contributed by atoms with Gasteiger partial charge in [0, 0.05) is 24.7 Å². The zero-order valence-corrected chi connectivity index (χ0v) is 10.1. The fraction of sp³-hybridized carbons (Fsp3) is 0.400. The number of benzene rings is 1. The lowest BCUT2D eigenvalue weighted by molar-refractivity contribution is -0.115. The van der Waals surface area contributed by atoms with Crippen molar-refractivity contribution < 1.29 is 4.79 Å². The van der Waals surface area contributed by atoms with Gasteiger partial charge in [0.25, 0.3) is 0 Å². The SMILES string of the molecule is O=C1CCCCC/C1=C\NCc1ccccc1. The second kappa shape index (κ2) is 6.24. The first-order chi connectivity index (χ1) is 8.36. The molecule has 1 saturated carbocycles. The maximum absolute atomic E-state index is 11.7. The molecule has 0 amide bonds. The van der Waals surface area contributed by atoms with Crippen LogP contribution in [0.3, 0.4) is 0 Å². The number of ketones is 1. The first-order valence-electron chi connectivity index (χ1n) is 6.36. The average molecular weight is 229 g/mol. The van der Waals surface area contributed by atoms with E-state index in [-0.39, 0.29) is 0 Å². The summed E-state index contributed by atoms with van der Waals surface area (Å²) in [6.45, 7) is 0.789. The van der Waals surface area contributed by atoms with E-state index in [9.17, 15) is 4.79 Å². The molecule has 1 aromatic rings. The normalized spacial score (nSPS) is 19.1. The van der Waals surface area contributed by atoms with E-state index >= 15 is 0 Å². The summed E-state index contributed by atoms with van der Waals surface area (Å²) >= 11 is 0. The monoisotopic (exact) mass is 229 g/mol. The Kier molecular flexibility index (Phi) is 4.37. The largest absolute Gasteiger partial charge is 0.386 e. The molecule has 2 rings (SSSR count). The molecule has 2 heteroatoms. The zero-order valence-electron chi connectivity index (χ0n) is 10.1. The van der Waals surface area contributed by atoms with E-state index in [4.69, 9.17) is 0 Å². The smallest absolute Gasteiger partial charge is 0.160 e. The summed E-state index contributed by atoms with van der Waals surface area (Å²) in [6, 6.07) is 10.2. The van der Waals surface area contributed by atoms with E-state index in [0.717, 1.165) is 37.8 Å². The van der Waals surface area contributed by atoms with Gasteiger partial charge < -0.3 is 5.32 Å². The fourth-order valence-electron chi connectivity index (χ4n) is 2.12. The van der Waals surface area contributed by atoms with Gasteiger partial charge in [-0.2, -0.15) is 0 Å². The van der Waals surface area contributed by atoms with Gasteiger partial charge >= 0.3 is 0 Å². The van der Waals surface area contributed by atoms with Crippen molar-refractivity contribution >= 4 is 5.78 Å². The summed E-state index contributed by atoms with van der Waals surface area (Å²) in [7, 11) is 0. The number of carbonyl (C=O) groups is 1. The molecule has 2 nitrogen and oxygen atoms in total. The highest BCUT2D eigenvalue weighted by atomic mass is 16.1. The standard InChI is InChI=1S/C15H19NO/c17-15-10-6-2-5-9-14(15)12-16-11-13-7-3-1-4-8-13/h1,3-4,7-8,12,16H,2,5-6,9-11H2/b14-12+. The van der Waals surface area contributed by atoms with Gasteiger partial charge in [-0.05, 0) is 24.8 Å². The van der Waals surface area contributed by atoms with Crippen molar-refractivity contribution in [3.8, 4) is 0 Å². The van der Waals surface area contributed by atoms with Crippen LogP contribution in [0.25, 0.3) is 0 Å². The minimum atomic E-state index is 0.322. The average Bonchev–Trinajstić information content (AvgIpc) is 2.56. The molecule has 0 aromatic heterocycles. The number of carbonyl (C=O) groups excluding carboxylic acids is 1. The molecule has 0 unspecified atom stereocenters. The molecule has 1 aliphatic rings. The molecule has 0 bridgehead atoms. The van der Waals surface area contributed by atoms with Crippen LogP contribution in [0.4, 0.5) is 0 Å². The molecule has 0 heterocycles. The third kappa shape index (κ3) is 3.74. The lowest BCUT2D eigenvalue weighted by Gasteiger charge is -2.04. The summed E-state index contributed by atoms with van der Waals surface area (Å²) in [5.41, 5.74) is 2.21. The molecule has 0 radical (unpaired) electrons. The number of nitrogens with one attached hydrogen (secondary N) is 1. The van der Waals surface area contributed by atoms with Crippen LogP contribution in [0.2, 0.25) is 0 Å². The molecule has 0 saturated heterocycles. The van der Waals surface area contributed by atoms with E-state index < -0.39 is 0 Å². The van der Waals surface area contributed by atoms with E-state index in [2.05, 4.69) is 17.4 Å². The Bertz CT molecular complexity index is 395. The lowest BCUT2D eigenvalue weighted by Crippen LogP contribution is -2.09. The number of rotatable bonds is 3. The summed E-state index contributed by atoms with van der Waals surface area (Å²) in [6.07, 6.45) is 6.95. The van der Waals surface area contributed by atoms with Crippen LogP contribution in [0.15, 0.2) is 42.1 Å². The van der Waals surface area contributed by atoms with Gasteiger partial charge in [-0.25, -0.2) is 0 Å². The molecule has 1 fully saturated rings. The predicted octanol–water partition coefficient (Wildman–Crippen LogP) is 3.19. The quantitative estimate of drug-likeness (QED) is 0.637. The fourth-order valence-corrected chi connectivity index (χ4v) is 2.12. The minimum absolute atomic E-state index is 0.322. The predicted molar refractivity (Wildman–Crippen MR) is 69.5 cm³/mol. The Labute approximate surface area is 103 Å². The maximum Gasteiger partial charge on any atom is 0.160 e. The summed E-state index contributed by atoms with van der Waals surface area (Å²) in [4.78, 5) is 11.7.